The van der Waals surface area contributed by atoms with Crippen LogP contribution in [-0.2, 0) is 11.3 Å². The Morgan fingerprint density at radius 3 is 2.95 bits per heavy atom. The molecule has 0 spiro atoms. The Balaban J connectivity index is 2.13. The number of carbonyl (C=O) groups is 1. The van der Waals surface area contributed by atoms with Gasteiger partial charge < -0.3 is 9.64 Å². The average Bonchev–Trinajstić information content (AvgIpc) is 2.81. The van der Waals surface area contributed by atoms with Crippen molar-refractivity contribution < 1.29 is 9.53 Å². The Morgan fingerprint density at radius 1 is 1.53 bits per heavy atom. The van der Waals surface area contributed by atoms with Crippen LogP contribution in [0.4, 0.5) is 5.13 Å². The van der Waals surface area contributed by atoms with Crippen molar-refractivity contribution >= 4 is 22.8 Å². The summed E-state index contributed by atoms with van der Waals surface area (Å²) in [6.45, 7) is 2.72. The minimum atomic E-state index is 0.402. The van der Waals surface area contributed by atoms with Crippen LogP contribution < -0.4 is 4.90 Å². The van der Waals surface area contributed by atoms with Crippen molar-refractivity contribution in [2.75, 3.05) is 19.1 Å². The fourth-order valence-electron chi connectivity index (χ4n) is 2.74. The van der Waals surface area contributed by atoms with Gasteiger partial charge in [0.05, 0.1) is 17.2 Å². The zero-order valence-electron chi connectivity index (χ0n) is 11.9. The molecule has 2 unspecified atom stereocenters. The fourth-order valence-corrected chi connectivity index (χ4v) is 3.66. The Kier molecular flexibility index (Phi) is 4.93. The van der Waals surface area contributed by atoms with Crippen LogP contribution in [0, 0.1) is 5.92 Å². The van der Waals surface area contributed by atoms with E-state index in [4.69, 9.17) is 4.74 Å². The minimum absolute atomic E-state index is 0.402. The molecule has 0 aliphatic heterocycles. The van der Waals surface area contributed by atoms with Crippen molar-refractivity contribution in [2.45, 2.75) is 45.3 Å². The minimum Gasteiger partial charge on any atom is -0.378 e. The van der Waals surface area contributed by atoms with Crippen LogP contribution >= 0.6 is 11.3 Å². The van der Waals surface area contributed by atoms with Gasteiger partial charge in [-0.15, -0.1) is 0 Å². The maximum atomic E-state index is 11.1. The Labute approximate surface area is 118 Å². The van der Waals surface area contributed by atoms with E-state index in [0.717, 1.165) is 23.0 Å². The van der Waals surface area contributed by atoms with Crippen molar-refractivity contribution in [1.82, 2.24) is 4.98 Å². The largest absolute Gasteiger partial charge is 0.378 e. The molecule has 1 aromatic heterocycles. The summed E-state index contributed by atoms with van der Waals surface area (Å²) < 4.78 is 5.09. The van der Waals surface area contributed by atoms with Gasteiger partial charge in [0.1, 0.15) is 0 Å². The number of nitrogens with zero attached hydrogens (tertiary/aromatic N) is 2. The molecule has 0 aromatic carbocycles. The highest BCUT2D eigenvalue weighted by molar-refractivity contribution is 7.17. The summed E-state index contributed by atoms with van der Waals surface area (Å²) in [5.41, 5.74) is 0.758. The number of anilines is 1. The number of ether oxygens (including phenoxy) is 1. The molecule has 2 atom stereocenters. The molecule has 0 amide bonds. The number of rotatable bonds is 5. The van der Waals surface area contributed by atoms with Gasteiger partial charge in [0.25, 0.3) is 0 Å². The van der Waals surface area contributed by atoms with Gasteiger partial charge in [-0.1, -0.05) is 31.1 Å². The van der Waals surface area contributed by atoms with Gasteiger partial charge in [0.2, 0.25) is 0 Å². The Morgan fingerprint density at radius 2 is 2.32 bits per heavy atom. The lowest BCUT2D eigenvalue weighted by Gasteiger charge is -2.33. The Bertz CT molecular complexity index is 433. The van der Waals surface area contributed by atoms with Crippen LogP contribution in [0.25, 0.3) is 0 Å². The van der Waals surface area contributed by atoms with Gasteiger partial charge in [-0.3, -0.25) is 4.79 Å². The second-order valence-corrected chi connectivity index (χ2v) is 6.40. The summed E-state index contributed by atoms with van der Waals surface area (Å²) in [5, 5.41) is 0.938. The molecule has 1 aliphatic rings. The molecule has 4 nitrogen and oxygen atoms in total. The maximum Gasteiger partial charge on any atom is 0.186 e. The van der Waals surface area contributed by atoms with Gasteiger partial charge in [0, 0.05) is 20.2 Å². The molecular formula is C14H22N2O2S. The molecule has 106 valence electrons. The highest BCUT2D eigenvalue weighted by Crippen LogP contribution is 2.32. The summed E-state index contributed by atoms with van der Waals surface area (Å²) in [4.78, 5) is 18.6. The number of aromatic nitrogens is 1. The third-order valence-electron chi connectivity index (χ3n) is 3.86. The molecular weight excluding hydrogens is 260 g/mol. The summed E-state index contributed by atoms with van der Waals surface area (Å²) >= 11 is 1.47. The van der Waals surface area contributed by atoms with E-state index in [1.807, 2.05) is 0 Å². The van der Waals surface area contributed by atoms with E-state index in [9.17, 15) is 4.79 Å². The highest BCUT2D eigenvalue weighted by atomic mass is 32.1. The SMILES string of the molecule is COCc1nc(N(C)C2CCCC(C)C2)sc1C=O. The number of methoxy groups -OCH3 is 1. The van der Waals surface area contributed by atoms with E-state index in [1.54, 1.807) is 7.11 Å². The highest BCUT2D eigenvalue weighted by Gasteiger charge is 2.25. The predicted octanol–water partition coefficient (Wildman–Crippen LogP) is 3.12. The summed E-state index contributed by atoms with van der Waals surface area (Å²) in [5.74, 6) is 0.783. The van der Waals surface area contributed by atoms with Crippen molar-refractivity contribution in [3.63, 3.8) is 0 Å². The quantitative estimate of drug-likeness (QED) is 0.778. The molecule has 1 aliphatic carbocycles. The van der Waals surface area contributed by atoms with Crippen molar-refractivity contribution in [2.24, 2.45) is 5.92 Å². The van der Waals surface area contributed by atoms with E-state index in [-0.39, 0.29) is 0 Å². The second kappa shape index (κ2) is 6.48. The molecule has 2 rings (SSSR count). The monoisotopic (exact) mass is 282 g/mol. The second-order valence-electron chi connectivity index (χ2n) is 5.39. The van der Waals surface area contributed by atoms with E-state index >= 15 is 0 Å². The summed E-state index contributed by atoms with van der Waals surface area (Å²) in [6, 6.07) is 0.546. The van der Waals surface area contributed by atoms with Gasteiger partial charge >= 0.3 is 0 Å². The summed E-state index contributed by atoms with van der Waals surface area (Å²) in [7, 11) is 3.72. The summed E-state index contributed by atoms with van der Waals surface area (Å²) in [6.07, 6.45) is 5.93. The van der Waals surface area contributed by atoms with Crippen LogP contribution in [0.2, 0.25) is 0 Å². The molecule has 1 aromatic rings. The molecule has 0 N–H and O–H groups in total. The standard InChI is InChI=1S/C14H22N2O2S/c1-10-5-4-6-11(7-10)16(2)14-15-12(9-18-3)13(8-17)19-14/h8,10-11H,4-7,9H2,1-3H3. The van der Waals surface area contributed by atoms with Crippen LogP contribution in [0.1, 0.15) is 48.0 Å². The van der Waals surface area contributed by atoms with E-state index in [2.05, 4.69) is 23.9 Å². The van der Waals surface area contributed by atoms with Gasteiger partial charge in [-0.25, -0.2) is 4.98 Å². The van der Waals surface area contributed by atoms with Gasteiger partial charge in [-0.05, 0) is 18.8 Å². The number of aldehydes is 1. The van der Waals surface area contributed by atoms with Crippen LogP contribution in [0.5, 0.6) is 0 Å². The lowest BCUT2D eigenvalue weighted by molar-refractivity contribution is 0.112. The number of thiazole rings is 1. The first kappa shape index (κ1) is 14.5. The molecule has 1 saturated carbocycles. The average molecular weight is 282 g/mol. The zero-order valence-corrected chi connectivity index (χ0v) is 12.7. The molecule has 0 bridgehead atoms. The van der Waals surface area contributed by atoms with E-state index in [1.165, 1.54) is 37.0 Å². The van der Waals surface area contributed by atoms with E-state index in [0.29, 0.717) is 17.5 Å². The first-order valence-corrected chi connectivity index (χ1v) is 7.64. The predicted molar refractivity (Wildman–Crippen MR) is 78.0 cm³/mol. The molecule has 1 fully saturated rings. The first-order chi connectivity index (χ1) is 9.15. The zero-order chi connectivity index (χ0) is 13.8. The molecule has 1 heterocycles. The number of hydrogen-bond acceptors (Lipinski definition) is 5. The first-order valence-electron chi connectivity index (χ1n) is 6.82. The number of hydrogen-bond donors (Lipinski definition) is 0. The third-order valence-corrected chi connectivity index (χ3v) is 4.98. The van der Waals surface area contributed by atoms with Crippen molar-refractivity contribution in [3.05, 3.63) is 10.6 Å². The fraction of sp³-hybridized carbons (Fsp3) is 0.714. The molecule has 0 radical (unpaired) electrons. The Hall–Kier alpha value is -0.940. The topological polar surface area (TPSA) is 42.4 Å². The van der Waals surface area contributed by atoms with Crippen molar-refractivity contribution in [1.29, 1.82) is 0 Å². The number of carbonyl (C=O) groups excluding carboxylic acids is 1. The molecule has 5 heteroatoms. The lowest BCUT2D eigenvalue weighted by Crippen LogP contribution is -2.35. The van der Waals surface area contributed by atoms with Crippen LogP contribution in [0.15, 0.2) is 0 Å². The van der Waals surface area contributed by atoms with E-state index < -0.39 is 0 Å². The van der Waals surface area contributed by atoms with Crippen LogP contribution in [-0.4, -0.2) is 31.5 Å². The maximum absolute atomic E-state index is 11.1. The molecule has 19 heavy (non-hydrogen) atoms. The van der Waals surface area contributed by atoms with Crippen LogP contribution in [0.3, 0.4) is 0 Å². The van der Waals surface area contributed by atoms with Gasteiger partial charge in [0.15, 0.2) is 11.4 Å². The lowest BCUT2D eigenvalue weighted by atomic mass is 9.86. The smallest absolute Gasteiger partial charge is 0.186 e. The van der Waals surface area contributed by atoms with Crippen molar-refractivity contribution in [3.8, 4) is 0 Å². The normalized spacial score (nSPS) is 23.3. The third kappa shape index (κ3) is 3.34. The molecule has 0 saturated heterocycles. The van der Waals surface area contributed by atoms with Gasteiger partial charge in [-0.2, -0.15) is 0 Å².